The van der Waals surface area contributed by atoms with Crippen LogP contribution in [0.3, 0.4) is 0 Å². The molecule has 0 aromatic heterocycles. The molecule has 2 unspecified atom stereocenters. The van der Waals surface area contributed by atoms with Crippen LogP contribution in [0.5, 0.6) is 0 Å². The molecule has 0 radical (unpaired) electrons. The minimum atomic E-state index is -3.20. The average Bonchev–Trinajstić information content (AvgIpc) is 2.28. The van der Waals surface area contributed by atoms with Crippen molar-refractivity contribution in [2.45, 2.75) is 43.9 Å². The van der Waals surface area contributed by atoms with Gasteiger partial charge < -0.3 is 0 Å². The van der Waals surface area contributed by atoms with E-state index < -0.39 is 9.84 Å². The van der Waals surface area contributed by atoms with Crippen LogP contribution in [0.1, 0.15) is 39.2 Å². The van der Waals surface area contributed by atoms with Gasteiger partial charge in [-0.05, 0) is 24.5 Å². The SMILES string of the molecule is CCS(=O)(=O)c1ccccc1C(C(C)C)C(C)Cl. The van der Waals surface area contributed by atoms with E-state index in [4.69, 9.17) is 11.6 Å². The van der Waals surface area contributed by atoms with Gasteiger partial charge in [0.15, 0.2) is 9.84 Å². The molecule has 0 saturated carbocycles. The van der Waals surface area contributed by atoms with E-state index in [9.17, 15) is 8.42 Å². The van der Waals surface area contributed by atoms with Gasteiger partial charge in [-0.25, -0.2) is 8.42 Å². The first-order valence-electron chi connectivity index (χ1n) is 6.27. The number of hydrogen-bond donors (Lipinski definition) is 0. The van der Waals surface area contributed by atoms with E-state index in [1.807, 2.05) is 19.1 Å². The minimum absolute atomic E-state index is 0.0455. The zero-order valence-electron chi connectivity index (χ0n) is 11.4. The number of alkyl halides is 1. The van der Waals surface area contributed by atoms with Crippen molar-refractivity contribution in [1.29, 1.82) is 0 Å². The van der Waals surface area contributed by atoms with Crippen LogP contribution in [-0.2, 0) is 9.84 Å². The van der Waals surface area contributed by atoms with E-state index in [2.05, 4.69) is 13.8 Å². The van der Waals surface area contributed by atoms with Crippen LogP contribution < -0.4 is 0 Å². The Morgan fingerprint density at radius 3 is 2.17 bits per heavy atom. The molecule has 1 aromatic carbocycles. The second-order valence-electron chi connectivity index (χ2n) is 4.89. The molecule has 18 heavy (non-hydrogen) atoms. The molecule has 0 heterocycles. The topological polar surface area (TPSA) is 34.1 Å². The standard InChI is InChI=1S/C14H21ClO2S/c1-5-18(16,17)13-9-7-6-8-12(13)14(10(2)3)11(4)15/h6-11,14H,5H2,1-4H3. The number of rotatable bonds is 5. The molecular formula is C14H21ClO2S. The molecule has 0 aliphatic rings. The predicted molar refractivity (Wildman–Crippen MR) is 77.1 cm³/mol. The van der Waals surface area contributed by atoms with Gasteiger partial charge in [0.05, 0.1) is 10.6 Å². The highest BCUT2D eigenvalue weighted by molar-refractivity contribution is 7.91. The highest BCUT2D eigenvalue weighted by Crippen LogP contribution is 2.35. The Bertz CT molecular complexity index is 484. The summed E-state index contributed by atoms with van der Waals surface area (Å²) in [5.41, 5.74) is 0.844. The van der Waals surface area contributed by atoms with Gasteiger partial charge in [0.2, 0.25) is 0 Å². The quantitative estimate of drug-likeness (QED) is 0.771. The normalized spacial score (nSPS) is 15.7. The van der Waals surface area contributed by atoms with Crippen molar-refractivity contribution in [3.8, 4) is 0 Å². The summed E-state index contributed by atoms with van der Waals surface area (Å²) in [4.78, 5) is 0.429. The van der Waals surface area contributed by atoms with Crippen LogP contribution in [0.2, 0.25) is 0 Å². The maximum absolute atomic E-state index is 12.1. The summed E-state index contributed by atoms with van der Waals surface area (Å²) in [7, 11) is -3.20. The van der Waals surface area contributed by atoms with E-state index in [0.717, 1.165) is 5.56 Å². The van der Waals surface area contributed by atoms with Crippen LogP contribution >= 0.6 is 11.6 Å². The number of halogens is 1. The monoisotopic (exact) mass is 288 g/mol. The molecule has 0 spiro atoms. The highest BCUT2D eigenvalue weighted by Gasteiger charge is 2.27. The average molecular weight is 289 g/mol. The summed E-state index contributed by atoms with van der Waals surface area (Å²) in [6, 6.07) is 7.20. The van der Waals surface area contributed by atoms with Gasteiger partial charge in [-0.3, -0.25) is 0 Å². The zero-order valence-corrected chi connectivity index (χ0v) is 12.9. The maximum Gasteiger partial charge on any atom is 0.178 e. The van der Waals surface area contributed by atoms with Gasteiger partial charge in [0.25, 0.3) is 0 Å². The Labute approximate surface area is 115 Å². The Hall–Kier alpha value is -0.540. The van der Waals surface area contributed by atoms with E-state index >= 15 is 0 Å². The van der Waals surface area contributed by atoms with E-state index in [1.165, 1.54) is 0 Å². The van der Waals surface area contributed by atoms with Crippen LogP contribution in [0.25, 0.3) is 0 Å². The van der Waals surface area contributed by atoms with Crippen molar-refractivity contribution >= 4 is 21.4 Å². The summed E-state index contributed by atoms with van der Waals surface area (Å²) < 4.78 is 24.3. The summed E-state index contributed by atoms with van der Waals surface area (Å²) in [6.45, 7) is 7.72. The molecular weight excluding hydrogens is 268 g/mol. The lowest BCUT2D eigenvalue weighted by Gasteiger charge is -2.26. The summed E-state index contributed by atoms with van der Waals surface area (Å²) in [5, 5.41) is -0.0989. The van der Waals surface area contributed by atoms with Crippen molar-refractivity contribution in [3.05, 3.63) is 29.8 Å². The second kappa shape index (κ2) is 6.07. The molecule has 2 nitrogen and oxygen atoms in total. The summed E-state index contributed by atoms with van der Waals surface area (Å²) in [5.74, 6) is 0.459. The fourth-order valence-electron chi connectivity index (χ4n) is 2.33. The first-order valence-corrected chi connectivity index (χ1v) is 8.35. The third-order valence-corrected chi connectivity index (χ3v) is 5.28. The third-order valence-electron chi connectivity index (χ3n) is 3.21. The molecule has 0 N–H and O–H groups in total. The zero-order chi connectivity index (χ0) is 13.9. The number of hydrogen-bond acceptors (Lipinski definition) is 2. The van der Waals surface area contributed by atoms with Crippen molar-refractivity contribution in [1.82, 2.24) is 0 Å². The van der Waals surface area contributed by atoms with Gasteiger partial charge in [-0.2, -0.15) is 0 Å². The summed E-state index contributed by atoms with van der Waals surface area (Å²) >= 11 is 6.24. The lowest BCUT2D eigenvalue weighted by molar-refractivity contribution is 0.482. The molecule has 0 aliphatic carbocycles. The Kier molecular flexibility index (Phi) is 5.23. The first kappa shape index (κ1) is 15.5. The molecule has 102 valence electrons. The van der Waals surface area contributed by atoms with E-state index in [0.29, 0.717) is 10.8 Å². The fraction of sp³-hybridized carbons (Fsp3) is 0.571. The molecule has 0 amide bonds. The van der Waals surface area contributed by atoms with Crippen LogP contribution in [0, 0.1) is 5.92 Å². The van der Waals surface area contributed by atoms with Crippen molar-refractivity contribution in [3.63, 3.8) is 0 Å². The molecule has 0 aliphatic heterocycles. The second-order valence-corrected chi connectivity index (χ2v) is 7.82. The minimum Gasteiger partial charge on any atom is -0.224 e. The molecule has 0 fully saturated rings. The van der Waals surface area contributed by atoms with E-state index in [-0.39, 0.29) is 17.0 Å². The van der Waals surface area contributed by atoms with Crippen molar-refractivity contribution < 1.29 is 8.42 Å². The Morgan fingerprint density at radius 2 is 1.72 bits per heavy atom. The smallest absolute Gasteiger partial charge is 0.178 e. The van der Waals surface area contributed by atoms with Crippen molar-refractivity contribution in [2.24, 2.45) is 5.92 Å². The van der Waals surface area contributed by atoms with E-state index in [1.54, 1.807) is 19.1 Å². The lowest BCUT2D eigenvalue weighted by atomic mass is 9.86. The largest absolute Gasteiger partial charge is 0.224 e. The Morgan fingerprint density at radius 1 is 1.17 bits per heavy atom. The maximum atomic E-state index is 12.1. The lowest BCUT2D eigenvalue weighted by Crippen LogP contribution is -2.19. The molecule has 4 heteroatoms. The molecule has 0 bridgehead atoms. The van der Waals surface area contributed by atoms with Gasteiger partial charge in [-0.15, -0.1) is 11.6 Å². The Balaban J connectivity index is 3.41. The fourth-order valence-corrected chi connectivity index (χ4v) is 3.92. The van der Waals surface area contributed by atoms with Crippen LogP contribution in [-0.4, -0.2) is 19.5 Å². The third kappa shape index (κ3) is 3.27. The van der Waals surface area contributed by atoms with Gasteiger partial charge in [-0.1, -0.05) is 39.0 Å². The van der Waals surface area contributed by atoms with Crippen LogP contribution in [0.15, 0.2) is 29.2 Å². The van der Waals surface area contributed by atoms with Gasteiger partial charge in [0, 0.05) is 11.3 Å². The number of benzene rings is 1. The van der Waals surface area contributed by atoms with Crippen LogP contribution in [0.4, 0.5) is 0 Å². The predicted octanol–water partition coefficient (Wildman–Crippen LogP) is 3.85. The number of sulfone groups is 1. The first-order chi connectivity index (χ1) is 8.31. The highest BCUT2D eigenvalue weighted by atomic mass is 35.5. The molecule has 1 aromatic rings. The molecule has 2 atom stereocenters. The molecule has 1 rings (SSSR count). The van der Waals surface area contributed by atoms with Crippen molar-refractivity contribution in [2.75, 3.05) is 5.75 Å². The molecule has 0 saturated heterocycles. The summed E-state index contributed by atoms with van der Waals surface area (Å²) in [6.07, 6.45) is 0. The van der Waals surface area contributed by atoms with Gasteiger partial charge in [0.1, 0.15) is 0 Å². The van der Waals surface area contributed by atoms with Gasteiger partial charge >= 0.3 is 0 Å².